The van der Waals surface area contributed by atoms with Crippen LogP contribution in [0.1, 0.15) is 0 Å². The SMILES string of the molecule is COCSc1ccncc1. The molecule has 2 nitrogen and oxygen atoms in total. The van der Waals surface area contributed by atoms with E-state index in [1.807, 2.05) is 12.1 Å². The minimum Gasteiger partial charge on any atom is -0.374 e. The summed E-state index contributed by atoms with van der Waals surface area (Å²) in [6.45, 7) is 0. The second kappa shape index (κ2) is 4.30. The average Bonchev–Trinajstić information content (AvgIpc) is 2.03. The number of nitrogens with zero attached hydrogens (tertiary/aromatic N) is 1. The number of ether oxygens (including phenoxy) is 1. The van der Waals surface area contributed by atoms with E-state index >= 15 is 0 Å². The van der Waals surface area contributed by atoms with Crippen molar-refractivity contribution in [2.75, 3.05) is 13.0 Å². The number of aromatic nitrogens is 1. The second-order valence-electron chi connectivity index (χ2n) is 1.73. The summed E-state index contributed by atoms with van der Waals surface area (Å²) in [7, 11) is 1.69. The van der Waals surface area contributed by atoms with Gasteiger partial charge in [0, 0.05) is 24.4 Å². The number of hydrogen-bond acceptors (Lipinski definition) is 3. The van der Waals surface area contributed by atoms with E-state index in [1.54, 1.807) is 31.3 Å². The maximum absolute atomic E-state index is 4.89. The van der Waals surface area contributed by atoms with Crippen molar-refractivity contribution in [1.29, 1.82) is 0 Å². The van der Waals surface area contributed by atoms with Crippen molar-refractivity contribution >= 4 is 11.8 Å². The molecule has 0 amide bonds. The van der Waals surface area contributed by atoms with Gasteiger partial charge in [-0.25, -0.2) is 0 Å². The van der Waals surface area contributed by atoms with Gasteiger partial charge < -0.3 is 4.74 Å². The van der Waals surface area contributed by atoms with Gasteiger partial charge in [-0.2, -0.15) is 0 Å². The fourth-order valence-electron chi connectivity index (χ4n) is 0.561. The van der Waals surface area contributed by atoms with Gasteiger partial charge in [0.15, 0.2) is 0 Å². The van der Waals surface area contributed by atoms with E-state index in [0.717, 1.165) is 0 Å². The highest BCUT2D eigenvalue weighted by atomic mass is 32.2. The molecular weight excluding hydrogens is 146 g/mol. The molecule has 0 atom stereocenters. The van der Waals surface area contributed by atoms with Crippen molar-refractivity contribution in [3.05, 3.63) is 24.5 Å². The van der Waals surface area contributed by atoms with E-state index < -0.39 is 0 Å². The Hall–Kier alpha value is -0.540. The first-order chi connectivity index (χ1) is 4.93. The number of pyridine rings is 1. The minimum absolute atomic E-state index is 0.698. The summed E-state index contributed by atoms with van der Waals surface area (Å²) in [6, 6.07) is 3.92. The van der Waals surface area contributed by atoms with Crippen LogP contribution < -0.4 is 0 Å². The van der Waals surface area contributed by atoms with Crippen LogP contribution in [0.2, 0.25) is 0 Å². The smallest absolute Gasteiger partial charge is 0.0963 e. The Balaban J connectivity index is 2.43. The quantitative estimate of drug-likeness (QED) is 0.490. The molecule has 0 aliphatic rings. The Morgan fingerprint density at radius 2 is 2.20 bits per heavy atom. The lowest BCUT2D eigenvalue weighted by atomic mass is 10.5. The highest BCUT2D eigenvalue weighted by Crippen LogP contribution is 2.14. The van der Waals surface area contributed by atoms with Crippen LogP contribution in [0.5, 0.6) is 0 Å². The third-order valence-corrected chi connectivity index (χ3v) is 1.95. The summed E-state index contributed by atoms with van der Waals surface area (Å²) in [6.07, 6.45) is 3.55. The maximum Gasteiger partial charge on any atom is 0.0963 e. The van der Waals surface area contributed by atoms with Gasteiger partial charge in [-0.1, -0.05) is 11.8 Å². The Morgan fingerprint density at radius 3 is 2.80 bits per heavy atom. The summed E-state index contributed by atoms with van der Waals surface area (Å²) in [5, 5.41) is 0. The van der Waals surface area contributed by atoms with Crippen LogP contribution in [0, 0.1) is 0 Å². The predicted octanol–water partition coefficient (Wildman–Crippen LogP) is 1.78. The molecule has 0 unspecified atom stereocenters. The summed E-state index contributed by atoms with van der Waals surface area (Å²) in [5.41, 5.74) is 0. The number of hydrogen-bond donors (Lipinski definition) is 0. The van der Waals surface area contributed by atoms with E-state index in [4.69, 9.17) is 4.74 Å². The van der Waals surface area contributed by atoms with Crippen LogP contribution in [0.25, 0.3) is 0 Å². The van der Waals surface area contributed by atoms with E-state index in [2.05, 4.69) is 4.98 Å². The zero-order valence-electron chi connectivity index (χ0n) is 5.78. The third kappa shape index (κ3) is 2.37. The molecule has 3 heteroatoms. The molecule has 1 aromatic rings. The zero-order valence-corrected chi connectivity index (χ0v) is 6.60. The van der Waals surface area contributed by atoms with Crippen LogP contribution in [0.15, 0.2) is 29.4 Å². The molecule has 1 aromatic heterocycles. The topological polar surface area (TPSA) is 22.1 Å². The first-order valence-electron chi connectivity index (χ1n) is 2.95. The number of rotatable bonds is 3. The Kier molecular flexibility index (Phi) is 3.26. The van der Waals surface area contributed by atoms with Crippen molar-refractivity contribution < 1.29 is 4.74 Å². The summed E-state index contributed by atoms with van der Waals surface area (Å²) >= 11 is 1.66. The van der Waals surface area contributed by atoms with Gasteiger partial charge in [0.05, 0.1) is 5.94 Å². The van der Waals surface area contributed by atoms with Crippen molar-refractivity contribution in [3.63, 3.8) is 0 Å². The molecule has 0 aliphatic carbocycles. The van der Waals surface area contributed by atoms with Crippen molar-refractivity contribution in [2.45, 2.75) is 4.90 Å². The largest absolute Gasteiger partial charge is 0.374 e. The van der Waals surface area contributed by atoms with Crippen molar-refractivity contribution in [1.82, 2.24) is 4.98 Å². The molecule has 0 radical (unpaired) electrons. The van der Waals surface area contributed by atoms with Gasteiger partial charge in [0.25, 0.3) is 0 Å². The summed E-state index contributed by atoms with van der Waals surface area (Å²) in [5.74, 6) is 0.698. The molecule has 1 heterocycles. The lowest BCUT2D eigenvalue weighted by molar-refractivity contribution is 0.259. The van der Waals surface area contributed by atoms with Gasteiger partial charge >= 0.3 is 0 Å². The molecule has 1 rings (SSSR count). The number of thioether (sulfide) groups is 1. The van der Waals surface area contributed by atoms with E-state index in [9.17, 15) is 0 Å². The zero-order chi connectivity index (χ0) is 7.23. The monoisotopic (exact) mass is 155 g/mol. The predicted molar refractivity (Wildman–Crippen MR) is 42.0 cm³/mol. The number of methoxy groups -OCH3 is 1. The second-order valence-corrected chi connectivity index (χ2v) is 2.73. The highest BCUT2D eigenvalue weighted by Gasteiger charge is 1.88. The normalized spacial score (nSPS) is 9.70. The Morgan fingerprint density at radius 1 is 1.50 bits per heavy atom. The van der Waals surface area contributed by atoms with Gasteiger partial charge in [-0.15, -0.1) is 0 Å². The molecule has 0 aliphatic heterocycles. The van der Waals surface area contributed by atoms with Crippen LogP contribution in [-0.2, 0) is 4.74 Å². The van der Waals surface area contributed by atoms with Gasteiger partial charge in [-0.3, -0.25) is 4.98 Å². The third-order valence-electron chi connectivity index (χ3n) is 0.993. The molecule has 0 saturated carbocycles. The van der Waals surface area contributed by atoms with Crippen molar-refractivity contribution in [2.24, 2.45) is 0 Å². The molecule has 10 heavy (non-hydrogen) atoms. The van der Waals surface area contributed by atoms with E-state index in [1.165, 1.54) is 4.90 Å². The molecule has 0 bridgehead atoms. The first kappa shape index (κ1) is 7.57. The first-order valence-corrected chi connectivity index (χ1v) is 3.94. The maximum atomic E-state index is 4.89. The van der Waals surface area contributed by atoms with Gasteiger partial charge in [-0.05, 0) is 12.1 Å². The highest BCUT2D eigenvalue weighted by molar-refractivity contribution is 7.99. The molecular formula is C7H9NOS. The van der Waals surface area contributed by atoms with Crippen LogP contribution in [0.3, 0.4) is 0 Å². The molecule has 0 saturated heterocycles. The average molecular weight is 155 g/mol. The van der Waals surface area contributed by atoms with E-state index in [0.29, 0.717) is 5.94 Å². The van der Waals surface area contributed by atoms with Crippen molar-refractivity contribution in [3.8, 4) is 0 Å². The molecule has 0 fully saturated rings. The van der Waals surface area contributed by atoms with Gasteiger partial charge in [0.1, 0.15) is 0 Å². The fraction of sp³-hybridized carbons (Fsp3) is 0.286. The standard InChI is InChI=1S/C7H9NOS/c1-9-6-10-7-2-4-8-5-3-7/h2-5H,6H2,1H3. The molecule has 0 spiro atoms. The minimum atomic E-state index is 0.698. The lowest BCUT2D eigenvalue weighted by Gasteiger charge is -1.96. The van der Waals surface area contributed by atoms with Gasteiger partial charge in [0.2, 0.25) is 0 Å². The fourth-order valence-corrected chi connectivity index (χ4v) is 1.13. The van der Waals surface area contributed by atoms with Crippen LogP contribution >= 0.6 is 11.8 Å². The molecule has 54 valence electrons. The Labute approximate surface area is 64.6 Å². The summed E-state index contributed by atoms with van der Waals surface area (Å²) < 4.78 is 4.89. The van der Waals surface area contributed by atoms with Crippen LogP contribution in [-0.4, -0.2) is 18.0 Å². The molecule has 0 N–H and O–H groups in total. The van der Waals surface area contributed by atoms with Crippen LogP contribution in [0.4, 0.5) is 0 Å². The summed E-state index contributed by atoms with van der Waals surface area (Å²) in [4.78, 5) is 5.09. The molecule has 0 aromatic carbocycles. The Bertz CT molecular complexity index is 178. The van der Waals surface area contributed by atoms with E-state index in [-0.39, 0.29) is 0 Å². The lowest BCUT2D eigenvalue weighted by Crippen LogP contribution is -1.80.